The molecule has 6 atom stereocenters. The zero-order valence-corrected chi connectivity index (χ0v) is 18.4. The Morgan fingerprint density at radius 1 is 1.10 bits per heavy atom. The minimum absolute atomic E-state index is 0.0907. The van der Waals surface area contributed by atoms with Crippen molar-refractivity contribution in [3.63, 3.8) is 0 Å². The summed E-state index contributed by atoms with van der Waals surface area (Å²) in [4.78, 5) is 0. The van der Waals surface area contributed by atoms with E-state index in [2.05, 4.69) is 0 Å². The third-order valence-corrected chi connectivity index (χ3v) is 5.65. The van der Waals surface area contributed by atoms with Crippen LogP contribution in [0.3, 0.4) is 0 Å². The zero-order chi connectivity index (χ0) is 22.8. The highest BCUT2D eigenvalue weighted by Crippen LogP contribution is 2.31. The summed E-state index contributed by atoms with van der Waals surface area (Å²) in [6.45, 7) is 0.686. The molecule has 2 aromatic carbocycles. The van der Waals surface area contributed by atoms with E-state index in [4.69, 9.17) is 25.7 Å². The van der Waals surface area contributed by atoms with Crippen molar-refractivity contribution < 1.29 is 28.2 Å². The van der Waals surface area contributed by atoms with Crippen LogP contribution in [0.2, 0.25) is 0 Å². The van der Waals surface area contributed by atoms with Crippen LogP contribution in [0, 0.1) is 0 Å². The van der Waals surface area contributed by atoms with Gasteiger partial charge in [-0.1, -0.05) is 68.3 Å². The molecular formula is C21H27BO6PS. The lowest BCUT2D eigenvalue weighted by molar-refractivity contribution is -0.310. The van der Waals surface area contributed by atoms with Gasteiger partial charge in [-0.25, -0.2) is 0 Å². The molecule has 0 bridgehead atoms. The molecule has 6 nitrogen and oxygen atoms in total. The van der Waals surface area contributed by atoms with Crippen LogP contribution in [-0.2, 0) is 36.3 Å². The Morgan fingerprint density at radius 2 is 1.70 bits per heavy atom. The lowest BCUT2D eigenvalue weighted by atomic mass is 9.98. The maximum absolute atomic E-state index is 10.9. The standard InChI is InChI=1S/C21H27BO6PS/c1-24-21-18(23)20(26-13-16-10-6-3-7-11-16)19(17(28-21)14-27-30-29-22)25-12-15-8-4-2-5-9-15/h2-11,17-23,29H,12-14H2,1H3/t17?,18?,19-,20+,21-,29?/m1/s1/i22T,29D. The molecule has 0 saturated carbocycles. The molecule has 9 heteroatoms. The molecule has 30 heavy (non-hydrogen) atoms. The summed E-state index contributed by atoms with van der Waals surface area (Å²) in [6.07, 6.45) is -3.95. The van der Waals surface area contributed by atoms with E-state index in [1.807, 2.05) is 60.7 Å². The monoisotopic (exact) mass is 452 g/mol. The van der Waals surface area contributed by atoms with Crippen LogP contribution in [0.1, 0.15) is 11.1 Å². The van der Waals surface area contributed by atoms with Gasteiger partial charge in [-0.15, -0.1) is 0 Å². The van der Waals surface area contributed by atoms with Crippen molar-refractivity contribution in [2.75, 3.05) is 13.7 Å². The number of aliphatic hydroxyl groups is 1. The van der Waals surface area contributed by atoms with E-state index < -0.39 is 38.3 Å². The third-order valence-electron chi connectivity index (χ3n) is 4.75. The van der Waals surface area contributed by atoms with Crippen molar-refractivity contribution in [3.8, 4) is 0 Å². The first-order valence-electron chi connectivity index (χ1n) is 10.6. The topological polar surface area (TPSA) is 66.4 Å². The van der Waals surface area contributed by atoms with Crippen molar-refractivity contribution in [1.82, 2.24) is 0 Å². The fourth-order valence-electron chi connectivity index (χ4n) is 3.28. The molecular weight excluding hydrogens is 422 g/mol. The first-order valence-corrected chi connectivity index (χ1v) is 11.9. The second-order valence-corrected chi connectivity index (χ2v) is 8.43. The number of benzene rings is 2. The molecule has 0 aromatic heterocycles. The average Bonchev–Trinajstić information content (AvgIpc) is 2.84. The molecule has 0 amide bonds. The molecule has 0 aliphatic carbocycles. The lowest BCUT2D eigenvalue weighted by Crippen LogP contribution is -2.60. The number of methoxy groups -OCH3 is 1. The van der Waals surface area contributed by atoms with E-state index in [9.17, 15) is 5.11 Å². The molecule has 0 spiro atoms. The minimum atomic E-state index is -1.46. The van der Waals surface area contributed by atoms with Crippen molar-refractivity contribution in [2.45, 2.75) is 43.9 Å². The molecule has 161 valence electrons. The van der Waals surface area contributed by atoms with Gasteiger partial charge < -0.3 is 28.2 Å². The Bertz CT molecular complexity index is 783. The molecule has 2 aromatic rings. The van der Waals surface area contributed by atoms with Crippen LogP contribution < -0.4 is 0 Å². The molecule has 1 fully saturated rings. The van der Waals surface area contributed by atoms with Gasteiger partial charge in [-0.05, 0) is 12.5 Å². The van der Waals surface area contributed by atoms with Gasteiger partial charge >= 0.3 is 0 Å². The Hall–Kier alpha value is -0.955. The van der Waals surface area contributed by atoms with Crippen molar-refractivity contribution in [1.29, 1.82) is 2.61 Å². The highest BCUT2D eigenvalue weighted by molar-refractivity contribution is 8.53. The summed E-state index contributed by atoms with van der Waals surface area (Å²) < 4.78 is 44.0. The van der Waals surface area contributed by atoms with Crippen LogP contribution in [0.4, 0.5) is 0 Å². The molecule has 1 heterocycles. The van der Waals surface area contributed by atoms with Crippen molar-refractivity contribution in [3.05, 3.63) is 71.8 Å². The molecule has 1 aliphatic heterocycles. The zero-order valence-electron chi connectivity index (χ0n) is 18.7. The van der Waals surface area contributed by atoms with Gasteiger partial charge in [0.25, 0.3) is 0 Å². The molecule has 1 aliphatic rings. The van der Waals surface area contributed by atoms with Gasteiger partial charge in [0.2, 0.25) is 0 Å². The van der Waals surface area contributed by atoms with Gasteiger partial charge in [-0.2, -0.15) is 0 Å². The molecule has 3 rings (SSSR count). The predicted molar refractivity (Wildman–Crippen MR) is 121 cm³/mol. The van der Waals surface area contributed by atoms with E-state index in [1.165, 1.54) is 7.11 Å². The smallest absolute Gasteiger partial charge is 0.186 e. The second kappa shape index (κ2) is 12.8. The van der Waals surface area contributed by atoms with Crippen LogP contribution in [-0.4, -0.2) is 59.7 Å². The first-order chi connectivity index (χ1) is 15.6. The van der Waals surface area contributed by atoms with Crippen molar-refractivity contribution >= 4 is 26.8 Å². The Kier molecular flexibility index (Phi) is 8.92. The second-order valence-electron chi connectivity index (χ2n) is 6.76. The number of rotatable bonds is 12. The minimum Gasteiger partial charge on any atom is -0.385 e. The lowest BCUT2D eigenvalue weighted by Gasteiger charge is -2.43. The summed E-state index contributed by atoms with van der Waals surface area (Å²) in [5.41, 5.74) is 1.95. The van der Waals surface area contributed by atoms with E-state index in [-0.39, 0.29) is 6.61 Å². The van der Waals surface area contributed by atoms with E-state index in [1.54, 1.807) is 0 Å². The average molecular weight is 452 g/mol. The van der Waals surface area contributed by atoms with Crippen LogP contribution >= 0.6 is 19.3 Å². The van der Waals surface area contributed by atoms with Crippen LogP contribution in [0.5, 0.6) is 0 Å². The first kappa shape index (κ1) is 20.9. The summed E-state index contributed by atoms with van der Waals surface area (Å²) in [7, 11) is 1.04. The van der Waals surface area contributed by atoms with Gasteiger partial charge in [-0.3, -0.25) is 0 Å². The Morgan fingerprint density at radius 3 is 2.27 bits per heavy atom. The van der Waals surface area contributed by atoms with Gasteiger partial charge in [0.1, 0.15) is 31.9 Å². The van der Waals surface area contributed by atoms with Gasteiger partial charge in [0, 0.05) is 18.8 Å². The molecule has 3 unspecified atom stereocenters. The number of aliphatic hydroxyl groups excluding tert-OH is 1. The predicted octanol–water partition coefficient (Wildman–Crippen LogP) is 2.96. The molecule has 1 radical (unpaired) electrons. The Labute approximate surface area is 187 Å². The van der Waals surface area contributed by atoms with E-state index >= 15 is 0 Å². The van der Waals surface area contributed by atoms with E-state index in [0.29, 0.717) is 13.2 Å². The fourth-order valence-corrected chi connectivity index (χ4v) is 3.90. The normalized spacial score (nSPS) is 28.4. The number of ether oxygens (including phenoxy) is 4. The van der Waals surface area contributed by atoms with Crippen LogP contribution in [0.15, 0.2) is 60.7 Å². The summed E-state index contributed by atoms with van der Waals surface area (Å²) in [6, 6.07) is 19.4. The highest BCUT2D eigenvalue weighted by Gasteiger charge is 2.47. The van der Waals surface area contributed by atoms with E-state index in [0.717, 1.165) is 30.3 Å². The number of hydrogen-bond acceptors (Lipinski definition) is 7. The van der Waals surface area contributed by atoms with Crippen molar-refractivity contribution in [2.24, 2.45) is 0 Å². The van der Waals surface area contributed by atoms with Gasteiger partial charge in [0.15, 0.2) is 6.29 Å². The summed E-state index contributed by atoms with van der Waals surface area (Å²) in [5.74, 6) is 0. The molecule has 1 N–H and O–H groups in total. The quantitative estimate of drug-likeness (QED) is 0.302. The summed E-state index contributed by atoms with van der Waals surface area (Å²) >= 11 is 0.916. The summed E-state index contributed by atoms with van der Waals surface area (Å²) in [5, 5.41) is 10.9. The van der Waals surface area contributed by atoms with Gasteiger partial charge in [0.05, 0.1) is 21.1 Å². The third kappa shape index (κ3) is 6.77. The maximum atomic E-state index is 10.9. The highest BCUT2D eigenvalue weighted by atomic mass is 32.7. The largest absolute Gasteiger partial charge is 0.385 e. The van der Waals surface area contributed by atoms with Crippen LogP contribution in [0.25, 0.3) is 0 Å². The fraction of sp³-hybridized carbons (Fsp3) is 0.429. The Balaban J connectivity index is 1.74. The maximum Gasteiger partial charge on any atom is 0.186 e. The SMILES string of the molecule is [2H]P([B][3H])SOCC1O[C@@H](OC)C(O)[C@H](OCc2ccccc2)[C@@H]1OCc1ccccc1. The molecule has 1 saturated heterocycles. The number of hydrogen-bond donors (Lipinski definition) is 1.